The number of benzene rings is 1. The molecule has 0 atom stereocenters. The maximum atomic E-state index is 5.50. The Bertz CT molecular complexity index is 561. The van der Waals surface area contributed by atoms with Gasteiger partial charge in [0.1, 0.15) is 0 Å². The molecule has 1 aliphatic heterocycles. The summed E-state index contributed by atoms with van der Waals surface area (Å²) < 4.78 is 8.39. The molecule has 5 heteroatoms. The normalized spacial score (nSPS) is 16.1. The molecule has 1 aromatic heterocycles. The summed E-state index contributed by atoms with van der Waals surface area (Å²) >= 11 is 7.10. The van der Waals surface area contributed by atoms with E-state index in [1.54, 1.807) is 11.9 Å². The van der Waals surface area contributed by atoms with Crippen molar-refractivity contribution in [2.45, 2.75) is 0 Å². The van der Waals surface area contributed by atoms with Crippen molar-refractivity contribution in [2.24, 2.45) is 0 Å². The van der Waals surface area contributed by atoms with Gasteiger partial charge in [-0.3, -0.25) is 3.97 Å². The summed E-state index contributed by atoms with van der Waals surface area (Å²) in [4.78, 5) is 2.21. The largest absolute Gasteiger partial charge is 0.378 e. The summed E-state index contributed by atoms with van der Waals surface area (Å²) in [6, 6.07) is 10.5. The van der Waals surface area contributed by atoms with Crippen LogP contribution in [0.3, 0.4) is 0 Å². The van der Waals surface area contributed by atoms with Crippen molar-refractivity contribution >= 4 is 39.4 Å². The molecule has 2 aromatic rings. The van der Waals surface area contributed by atoms with E-state index in [-0.39, 0.29) is 0 Å². The highest BCUT2D eigenvalue weighted by atomic mass is 32.2. The minimum Gasteiger partial charge on any atom is -0.378 e. The second-order valence-corrected chi connectivity index (χ2v) is 5.76. The molecule has 2 heterocycles. The molecule has 1 aliphatic rings. The lowest BCUT2D eigenvalue weighted by atomic mass is 10.3. The molecular formula is C13H14N2OS2. The van der Waals surface area contributed by atoms with Crippen molar-refractivity contribution in [1.82, 2.24) is 8.87 Å². The van der Waals surface area contributed by atoms with Crippen LogP contribution >= 0.6 is 24.2 Å². The van der Waals surface area contributed by atoms with Gasteiger partial charge >= 0.3 is 0 Å². The van der Waals surface area contributed by atoms with Gasteiger partial charge in [-0.1, -0.05) is 30.4 Å². The lowest BCUT2D eigenvalue weighted by Gasteiger charge is -2.28. The van der Waals surface area contributed by atoms with Crippen LogP contribution in [0.15, 0.2) is 36.5 Å². The third-order valence-corrected chi connectivity index (χ3v) is 4.42. The molecule has 3 nitrogen and oxygen atoms in total. The quantitative estimate of drug-likeness (QED) is 0.746. The number of rotatable bonds is 1. The number of fused-ring (bicyclic) bond motifs is 1. The summed E-state index contributed by atoms with van der Waals surface area (Å²) in [6.45, 7) is 3.33. The van der Waals surface area contributed by atoms with Crippen LogP contribution in [0.25, 0.3) is 10.9 Å². The minimum atomic E-state index is 0.771. The number of aromatic nitrogens is 1. The molecule has 0 unspecified atom stereocenters. The molecule has 1 fully saturated rings. The second-order valence-electron chi connectivity index (χ2n) is 4.16. The van der Waals surface area contributed by atoms with E-state index >= 15 is 0 Å². The van der Waals surface area contributed by atoms with Crippen molar-refractivity contribution in [2.75, 3.05) is 26.3 Å². The zero-order valence-corrected chi connectivity index (χ0v) is 11.5. The highest BCUT2D eigenvalue weighted by Gasteiger charge is 2.15. The van der Waals surface area contributed by atoms with Crippen LogP contribution in [0.2, 0.25) is 0 Å². The van der Waals surface area contributed by atoms with E-state index in [9.17, 15) is 0 Å². The van der Waals surface area contributed by atoms with Crippen LogP contribution in [0.5, 0.6) is 0 Å². The Labute approximate surface area is 116 Å². The Morgan fingerprint density at radius 2 is 1.94 bits per heavy atom. The molecule has 0 radical (unpaired) electrons. The predicted molar refractivity (Wildman–Crippen MR) is 79.9 cm³/mol. The van der Waals surface area contributed by atoms with Gasteiger partial charge in [0.15, 0.2) is 4.32 Å². The standard InChI is InChI=1S/C13H14N2OS2/c17-13(14-7-9-16-10-8-14)18-15-6-5-11-3-1-2-4-12(11)15/h1-6H,7-10H2. The number of morpholine rings is 1. The second kappa shape index (κ2) is 5.30. The molecule has 18 heavy (non-hydrogen) atoms. The fourth-order valence-corrected chi connectivity index (χ4v) is 3.30. The molecule has 0 aliphatic carbocycles. The third-order valence-electron chi connectivity index (χ3n) is 3.01. The maximum Gasteiger partial charge on any atom is 0.157 e. The lowest BCUT2D eigenvalue weighted by Crippen LogP contribution is -2.38. The first-order valence-electron chi connectivity index (χ1n) is 5.96. The van der Waals surface area contributed by atoms with E-state index in [1.165, 1.54) is 10.9 Å². The molecule has 1 saturated heterocycles. The zero-order chi connectivity index (χ0) is 12.4. The molecule has 1 aromatic carbocycles. The highest BCUT2D eigenvalue weighted by Crippen LogP contribution is 2.22. The minimum absolute atomic E-state index is 0.771. The van der Waals surface area contributed by atoms with Crippen LogP contribution in [-0.4, -0.2) is 39.5 Å². The predicted octanol–water partition coefficient (Wildman–Crippen LogP) is 2.75. The van der Waals surface area contributed by atoms with Gasteiger partial charge in [-0.05, 0) is 12.1 Å². The zero-order valence-electron chi connectivity index (χ0n) is 9.91. The van der Waals surface area contributed by atoms with Crippen molar-refractivity contribution in [1.29, 1.82) is 0 Å². The molecule has 0 spiro atoms. The van der Waals surface area contributed by atoms with Gasteiger partial charge in [0.2, 0.25) is 0 Å². The molecule has 3 rings (SSSR count). The third kappa shape index (κ3) is 2.39. The van der Waals surface area contributed by atoms with E-state index < -0.39 is 0 Å². The van der Waals surface area contributed by atoms with E-state index in [1.807, 2.05) is 0 Å². The van der Waals surface area contributed by atoms with E-state index in [4.69, 9.17) is 17.0 Å². The first-order chi connectivity index (χ1) is 8.84. The van der Waals surface area contributed by atoms with Crippen molar-refractivity contribution in [3.8, 4) is 0 Å². The SMILES string of the molecule is S=C(Sn1ccc2ccccc21)N1CCOCC1. The number of nitrogens with zero attached hydrogens (tertiary/aromatic N) is 2. The molecular weight excluding hydrogens is 264 g/mol. The van der Waals surface area contributed by atoms with Crippen LogP contribution in [0.1, 0.15) is 0 Å². The van der Waals surface area contributed by atoms with Crippen molar-refractivity contribution in [3.63, 3.8) is 0 Å². The Morgan fingerprint density at radius 3 is 2.78 bits per heavy atom. The van der Waals surface area contributed by atoms with Gasteiger partial charge in [-0.25, -0.2) is 0 Å². The van der Waals surface area contributed by atoms with Gasteiger partial charge < -0.3 is 9.64 Å². The number of para-hydroxylation sites is 1. The van der Waals surface area contributed by atoms with E-state index in [2.05, 4.69) is 45.4 Å². The number of hydrogen-bond acceptors (Lipinski definition) is 3. The Morgan fingerprint density at radius 1 is 1.17 bits per heavy atom. The lowest BCUT2D eigenvalue weighted by molar-refractivity contribution is 0.0702. The molecule has 0 amide bonds. The average molecular weight is 278 g/mol. The van der Waals surface area contributed by atoms with Crippen molar-refractivity contribution < 1.29 is 4.74 Å². The molecule has 0 N–H and O–H groups in total. The van der Waals surface area contributed by atoms with Crippen LogP contribution in [0, 0.1) is 0 Å². The Balaban J connectivity index is 1.77. The molecule has 0 bridgehead atoms. The van der Waals surface area contributed by atoms with Crippen LogP contribution in [-0.2, 0) is 4.74 Å². The topological polar surface area (TPSA) is 17.4 Å². The van der Waals surface area contributed by atoms with Crippen LogP contribution < -0.4 is 0 Å². The first-order valence-corrected chi connectivity index (χ1v) is 7.14. The van der Waals surface area contributed by atoms with Gasteiger partial charge in [0.05, 0.1) is 18.7 Å². The van der Waals surface area contributed by atoms with Gasteiger partial charge in [0, 0.05) is 36.6 Å². The smallest absolute Gasteiger partial charge is 0.157 e. The fraction of sp³-hybridized carbons (Fsp3) is 0.308. The number of hydrogen-bond donors (Lipinski definition) is 0. The number of thiocarbonyl (C=S) groups is 1. The van der Waals surface area contributed by atoms with E-state index in [0.29, 0.717) is 0 Å². The highest BCUT2D eigenvalue weighted by molar-refractivity contribution is 8.22. The maximum absolute atomic E-state index is 5.50. The Kier molecular flexibility index (Phi) is 3.54. The monoisotopic (exact) mass is 278 g/mol. The average Bonchev–Trinajstić information content (AvgIpc) is 2.83. The first kappa shape index (κ1) is 12.0. The Hall–Kier alpha value is -1.04. The van der Waals surface area contributed by atoms with Gasteiger partial charge in [-0.15, -0.1) is 0 Å². The van der Waals surface area contributed by atoms with Gasteiger partial charge in [-0.2, -0.15) is 0 Å². The van der Waals surface area contributed by atoms with E-state index in [0.717, 1.165) is 30.6 Å². The summed E-state index contributed by atoms with van der Waals surface area (Å²) in [6.07, 6.45) is 2.07. The summed E-state index contributed by atoms with van der Waals surface area (Å²) in [5.74, 6) is 0. The summed E-state index contributed by atoms with van der Waals surface area (Å²) in [7, 11) is 0. The van der Waals surface area contributed by atoms with Gasteiger partial charge in [0.25, 0.3) is 0 Å². The number of ether oxygens (including phenoxy) is 1. The fourth-order valence-electron chi connectivity index (χ4n) is 2.02. The summed E-state index contributed by atoms with van der Waals surface area (Å²) in [5.41, 5.74) is 1.21. The molecule has 0 saturated carbocycles. The molecule has 94 valence electrons. The summed E-state index contributed by atoms with van der Waals surface area (Å²) in [5, 5.41) is 1.25. The van der Waals surface area contributed by atoms with Crippen molar-refractivity contribution in [3.05, 3.63) is 36.5 Å². The van der Waals surface area contributed by atoms with Crippen LogP contribution in [0.4, 0.5) is 0 Å².